The van der Waals surface area contributed by atoms with Crippen molar-refractivity contribution in [1.82, 2.24) is 0 Å². The molecule has 0 aromatic rings. The largest absolute Gasteiger partial charge is 0.497 e. The summed E-state index contributed by atoms with van der Waals surface area (Å²) in [6.45, 7) is 4.99. The first-order chi connectivity index (χ1) is 5.70. The highest BCUT2D eigenvalue weighted by Gasteiger charge is 2.39. The molecule has 1 fully saturated rings. The molecular formula is C10H14O2. The molecule has 66 valence electrons. The number of carbonyl (C=O) groups is 1. The van der Waals surface area contributed by atoms with Gasteiger partial charge in [-0.3, -0.25) is 4.79 Å². The Labute approximate surface area is 72.6 Å². The van der Waals surface area contributed by atoms with E-state index in [1.807, 2.05) is 6.92 Å². The van der Waals surface area contributed by atoms with Gasteiger partial charge in [-0.05, 0) is 12.3 Å². The number of ether oxygens (including phenoxy) is 1. The van der Waals surface area contributed by atoms with Gasteiger partial charge in [0.05, 0.1) is 6.61 Å². The van der Waals surface area contributed by atoms with Gasteiger partial charge in [-0.1, -0.05) is 13.8 Å². The average molecular weight is 166 g/mol. The molecule has 0 saturated carbocycles. The van der Waals surface area contributed by atoms with E-state index in [4.69, 9.17) is 4.74 Å². The lowest BCUT2D eigenvalue weighted by molar-refractivity contribution is -0.118. The molecule has 0 unspecified atom stereocenters. The minimum Gasteiger partial charge on any atom is -0.497 e. The van der Waals surface area contributed by atoms with Crippen molar-refractivity contribution in [3.05, 3.63) is 11.8 Å². The van der Waals surface area contributed by atoms with Crippen molar-refractivity contribution >= 4 is 5.78 Å². The van der Waals surface area contributed by atoms with Crippen molar-refractivity contribution in [2.24, 2.45) is 17.8 Å². The van der Waals surface area contributed by atoms with E-state index in [0.717, 1.165) is 18.8 Å². The van der Waals surface area contributed by atoms with Crippen LogP contribution in [-0.2, 0) is 9.53 Å². The fourth-order valence-corrected chi connectivity index (χ4v) is 2.24. The van der Waals surface area contributed by atoms with Crippen LogP contribution in [0, 0.1) is 17.8 Å². The molecule has 0 aromatic heterocycles. The molecule has 0 amide bonds. The van der Waals surface area contributed by atoms with Gasteiger partial charge in [-0.2, -0.15) is 0 Å². The molecule has 0 radical (unpaired) electrons. The number of allylic oxidation sites excluding steroid dienone is 2. The molecule has 2 nitrogen and oxygen atoms in total. The first-order valence-corrected chi connectivity index (χ1v) is 4.58. The lowest BCUT2D eigenvalue weighted by atomic mass is 9.82. The van der Waals surface area contributed by atoms with Gasteiger partial charge in [0.2, 0.25) is 0 Å². The van der Waals surface area contributed by atoms with Gasteiger partial charge in [0.25, 0.3) is 0 Å². The van der Waals surface area contributed by atoms with Crippen molar-refractivity contribution in [3.8, 4) is 0 Å². The smallest absolute Gasteiger partial charge is 0.162 e. The number of carbonyl (C=O) groups excluding carboxylic acids is 1. The summed E-state index contributed by atoms with van der Waals surface area (Å²) >= 11 is 0. The van der Waals surface area contributed by atoms with E-state index in [1.54, 1.807) is 6.08 Å². The van der Waals surface area contributed by atoms with E-state index in [-0.39, 0.29) is 11.7 Å². The monoisotopic (exact) mass is 166 g/mol. The van der Waals surface area contributed by atoms with Crippen LogP contribution in [0.2, 0.25) is 0 Å². The first kappa shape index (κ1) is 7.84. The van der Waals surface area contributed by atoms with E-state index < -0.39 is 0 Å². The molecule has 1 heterocycles. The van der Waals surface area contributed by atoms with E-state index >= 15 is 0 Å². The summed E-state index contributed by atoms with van der Waals surface area (Å²) in [6.07, 6.45) is 2.77. The number of rotatable bonds is 0. The molecule has 1 aliphatic carbocycles. The van der Waals surface area contributed by atoms with Crippen molar-refractivity contribution in [1.29, 1.82) is 0 Å². The summed E-state index contributed by atoms with van der Waals surface area (Å²) in [4.78, 5) is 11.3. The second-order valence-electron chi connectivity index (χ2n) is 3.88. The van der Waals surface area contributed by atoms with Gasteiger partial charge < -0.3 is 4.74 Å². The zero-order valence-corrected chi connectivity index (χ0v) is 7.54. The Kier molecular flexibility index (Phi) is 1.71. The summed E-state index contributed by atoms with van der Waals surface area (Å²) in [5.41, 5.74) is 0. The summed E-state index contributed by atoms with van der Waals surface area (Å²) in [6, 6.07) is 0. The van der Waals surface area contributed by atoms with Crippen molar-refractivity contribution in [2.45, 2.75) is 20.3 Å². The predicted molar refractivity (Wildman–Crippen MR) is 45.5 cm³/mol. The number of fused-ring (bicyclic) bond motifs is 1. The third-order valence-corrected chi connectivity index (χ3v) is 3.06. The van der Waals surface area contributed by atoms with Gasteiger partial charge in [0, 0.05) is 17.9 Å². The Morgan fingerprint density at radius 2 is 2.25 bits per heavy atom. The fourth-order valence-electron chi connectivity index (χ4n) is 2.24. The first-order valence-electron chi connectivity index (χ1n) is 4.58. The van der Waals surface area contributed by atoms with Crippen LogP contribution in [0.1, 0.15) is 20.3 Å². The van der Waals surface area contributed by atoms with Crippen molar-refractivity contribution in [3.63, 3.8) is 0 Å². The fraction of sp³-hybridized carbons (Fsp3) is 0.700. The number of hydrogen-bond donors (Lipinski definition) is 0. The molecule has 2 rings (SSSR count). The Morgan fingerprint density at radius 3 is 2.92 bits per heavy atom. The van der Waals surface area contributed by atoms with Gasteiger partial charge >= 0.3 is 0 Å². The molecule has 1 saturated heterocycles. The Bertz CT molecular complexity index is 242. The Morgan fingerprint density at radius 1 is 1.50 bits per heavy atom. The minimum atomic E-state index is 0.148. The molecule has 2 aliphatic rings. The zero-order chi connectivity index (χ0) is 8.72. The Balaban J connectivity index is 2.27. The van der Waals surface area contributed by atoms with E-state index in [1.165, 1.54) is 0 Å². The highest BCUT2D eigenvalue weighted by Crippen LogP contribution is 2.40. The third-order valence-electron chi connectivity index (χ3n) is 3.06. The maximum absolute atomic E-state index is 11.3. The Hall–Kier alpha value is -0.790. The highest BCUT2D eigenvalue weighted by molar-refractivity contribution is 5.95. The van der Waals surface area contributed by atoms with Gasteiger partial charge in [0.15, 0.2) is 5.78 Å². The SMILES string of the molecule is C[C@@H]1CCOC2=CC(=O)[C@H](C)[C@H]21. The van der Waals surface area contributed by atoms with Crippen LogP contribution in [-0.4, -0.2) is 12.4 Å². The lowest BCUT2D eigenvalue weighted by Gasteiger charge is -2.30. The van der Waals surface area contributed by atoms with Crippen molar-refractivity contribution < 1.29 is 9.53 Å². The van der Waals surface area contributed by atoms with Gasteiger partial charge in [-0.25, -0.2) is 0 Å². The summed E-state index contributed by atoms with van der Waals surface area (Å²) in [5.74, 6) is 2.29. The molecular weight excluding hydrogens is 152 g/mol. The molecule has 0 bridgehead atoms. The van der Waals surface area contributed by atoms with Crippen LogP contribution in [0.4, 0.5) is 0 Å². The summed E-state index contributed by atoms with van der Waals surface area (Å²) in [5, 5.41) is 0. The number of hydrogen-bond acceptors (Lipinski definition) is 2. The summed E-state index contributed by atoms with van der Waals surface area (Å²) in [7, 11) is 0. The maximum Gasteiger partial charge on any atom is 0.162 e. The van der Waals surface area contributed by atoms with Gasteiger partial charge in [-0.15, -0.1) is 0 Å². The quantitative estimate of drug-likeness (QED) is 0.548. The molecule has 3 atom stereocenters. The second kappa shape index (κ2) is 2.61. The third kappa shape index (κ3) is 0.977. The second-order valence-corrected chi connectivity index (χ2v) is 3.88. The predicted octanol–water partition coefficient (Wildman–Crippen LogP) is 1.76. The summed E-state index contributed by atoms with van der Waals surface area (Å²) < 4.78 is 5.45. The highest BCUT2D eigenvalue weighted by atomic mass is 16.5. The lowest BCUT2D eigenvalue weighted by Crippen LogP contribution is -2.26. The molecule has 0 N–H and O–H groups in total. The van der Waals surface area contributed by atoms with E-state index in [0.29, 0.717) is 11.8 Å². The van der Waals surface area contributed by atoms with Crippen LogP contribution in [0.15, 0.2) is 11.8 Å². The molecule has 0 aromatic carbocycles. The normalized spacial score (nSPS) is 40.3. The van der Waals surface area contributed by atoms with Crippen LogP contribution in [0.25, 0.3) is 0 Å². The molecule has 0 spiro atoms. The zero-order valence-electron chi connectivity index (χ0n) is 7.54. The molecule has 12 heavy (non-hydrogen) atoms. The van der Waals surface area contributed by atoms with Crippen LogP contribution in [0.3, 0.4) is 0 Å². The van der Waals surface area contributed by atoms with Crippen LogP contribution in [0.5, 0.6) is 0 Å². The molecule has 2 heteroatoms. The van der Waals surface area contributed by atoms with Crippen LogP contribution >= 0.6 is 0 Å². The van der Waals surface area contributed by atoms with E-state index in [9.17, 15) is 4.79 Å². The standard InChI is InChI=1S/C10H14O2/c1-6-3-4-12-9-5-8(11)7(2)10(6)9/h5-7,10H,3-4H2,1-2H3/t6-,7+,10-/m1/s1. The topological polar surface area (TPSA) is 26.3 Å². The van der Waals surface area contributed by atoms with Crippen molar-refractivity contribution in [2.75, 3.05) is 6.61 Å². The number of ketones is 1. The van der Waals surface area contributed by atoms with Crippen LogP contribution < -0.4 is 0 Å². The maximum atomic E-state index is 11.3. The van der Waals surface area contributed by atoms with E-state index in [2.05, 4.69) is 6.92 Å². The van der Waals surface area contributed by atoms with Gasteiger partial charge in [0.1, 0.15) is 5.76 Å². The minimum absolute atomic E-state index is 0.148. The average Bonchev–Trinajstić information content (AvgIpc) is 2.29. The molecule has 1 aliphatic heterocycles.